The van der Waals surface area contributed by atoms with Crippen molar-refractivity contribution in [2.75, 3.05) is 0 Å². The Morgan fingerprint density at radius 1 is 1.19 bits per heavy atom. The van der Waals surface area contributed by atoms with Crippen LogP contribution in [-0.2, 0) is 6.54 Å². The number of hydrogen-bond donors (Lipinski definition) is 0. The monoisotopic (exact) mass is 342 g/mol. The van der Waals surface area contributed by atoms with Crippen molar-refractivity contribution < 1.29 is 0 Å². The smallest absolute Gasteiger partial charge is 0.153 e. The predicted octanol–water partition coefficient (Wildman–Crippen LogP) is 2.59. The van der Waals surface area contributed by atoms with E-state index in [1.807, 2.05) is 48.1 Å². The van der Waals surface area contributed by atoms with Gasteiger partial charge in [0.25, 0.3) is 0 Å². The number of nitrogens with zero attached hydrogens (tertiary/aromatic N) is 6. The van der Waals surface area contributed by atoms with Crippen LogP contribution in [0.3, 0.4) is 0 Å². The molecule has 0 aliphatic carbocycles. The second-order valence-corrected chi connectivity index (χ2v) is 5.81. The number of hydrogen-bond acceptors (Lipinski definition) is 4. The molecular weight excluding hydrogens is 332 g/mol. The number of imidazole rings is 1. The van der Waals surface area contributed by atoms with E-state index < -0.39 is 0 Å². The lowest BCUT2D eigenvalue weighted by Crippen LogP contribution is -2.06. The minimum atomic E-state index is 0.570. The van der Waals surface area contributed by atoms with Crippen molar-refractivity contribution in [3.8, 4) is 0 Å². The lowest BCUT2D eigenvalue weighted by atomic mass is 10.3. The van der Waals surface area contributed by atoms with Crippen molar-refractivity contribution in [3.63, 3.8) is 0 Å². The molecule has 1 aromatic carbocycles. The third-order valence-corrected chi connectivity index (χ3v) is 3.78. The van der Waals surface area contributed by atoms with Crippen molar-refractivity contribution in [2.45, 2.75) is 13.5 Å². The van der Waals surface area contributed by atoms with E-state index in [1.165, 1.54) is 0 Å². The average molecular weight is 343 g/mol. The van der Waals surface area contributed by atoms with Crippen LogP contribution >= 0.6 is 15.9 Å². The van der Waals surface area contributed by atoms with Crippen molar-refractivity contribution in [1.29, 1.82) is 0 Å². The minimum absolute atomic E-state index is 0.570. The molecule has 0 N–H and O–H groups in total. The van der Waals surface area contributed by atoms with Crippen molar-refractivity contribution in [1.82, 2.24) is 29.6 Å². The summed E-state index contributed by atoms with van der Waals surface area (Å²) in [6.07, 6.45) is 1.91. The predicted molar refractivity (Wildman–Crippen MR) is 82.1 cm³/mol. The standard InChI is InChI=1S/C14H11BrN6/c1-9-7-21-14(16-9)5-3-11(18-21)8-20-13-6-10(15)2-4-12(13)17-19-20/h2-7H,8H2,1H3. The molecule has 6 nitrogen and oxygen atoms in total. The Bertz CT molecular complexity index is 955. The van der Waals surface area contributed by atoms with E-state index in [0.717, 1.165) is 32.5 Å². The van der Waals surface area contributed by atoms with Gasteiger partial charge in [-0.2, -0.15) is 5.10 Å². The number of rotatable bonds is 2. The first kappa shape index (κ1) is 12.5. The zero-order chi connectivity index (χ0) is 14.4. The Labute approximate surface area is 128 Å². The van der Waals surface area contributed by atoms with Gasteiger partial charge in [-0.1, -0.05) is 21.1 Å². The summed E-state index contributed by atoms with van der Waals surface area (Å²) in [6, 6.07) is 9.84. The first-order chi connectivity index (χ1) is 10.2. The number of halogens is 1. The van der Waals surface area contributed by atoms with Crippen LogP contribution in [0.25, 0.3) is 16.7 Å². The molecule has 0 unspecified atom stereocenters. The Morgan fingerprint density at radius 2 is 2.10 bits per heavy atom. The van der Waals surface area contributed by atoms with Crippen molar-refractivity contribution >= 4 is 32.6 Å². The van der Waals surface area contributed by atoms with Gasteiger partial charge in [0.1, 0.15) is 5.52 Å². The van der Waals surface area contributed by atoms with Crippen LogP contribution in [0.5, 0.6) is 0 Å². The van der Waals surface area contributed by atoms with E-state index in [1.54, 1.807) is 4.52 Å². The van der Waals surface area contributed by atoms with Gasteiger partial charge in [0.15, 0.2) is 5.65 Å². The van der Waals surface area contributed by atoms with Crippen LogP contribution in [0, 0.1) is 6.92 Å². The Morgan fingerprint density at radius 3 is 3.00 bits per heavy atom. The van der Waals surface area contributed by atoms with Crippen LogP contribution in [0.4, 0.5) is 0 Å². The summed E-state index contributed by atoms with van der Waals surface area (Å²) < 4.78 is 4.64. The van der Waals surface area contributed by atoms with E-state index in [4.69, 9.17) is 0 Å². The van der Waals surface area contributed by atoms with Gasteiger partial charge in [0.05, 0.1) is 29.6 Å². The molecule has 0 amide bonds. The first-order valence-electron chi connectivity index (χ1n) is 6.50. The number of benzene rings is 1. The molecule has 4 aromatic rings. The maximum Gasteiger partial charge on any atom is 0.153 e. The number of fused-ring (bicyclic) bond motifs is 2. The van der Waals surface area contributed by atoms with E-state index in [-0.39, 0.29) is 0 Å². The molecule has 7 heteroatoms. The Balaban J connectivity index is 1.76. The van der Waals surface area contributed by atoms with Gasteiger partial charge in [0.2, 0.25) is 0 Å². The highest BCUT2D eigenvalue weighted by molar-refractivity contribution is 9.10. The van der Waals surface area contributed by atoms with E-state index in [0.29, 0.717) is 6.54 Å². The lowest BCUT2D eigenvalue weighted by Gasteiger charge is -2.03. The molecule has 4 rings (SSSR count). The average Bonchev–Trinajstić information content (AvgIpc) is 3.01. The van der Waals surface area contributed by atoms with Crippen LogP contribution < -0.4 is 0 Å². The molecule has 0 atom stereocenters. The molecule has 3 aromatic heterocycles. The fourth-order valence-electron chi connectivity index (χ4n) is 2.33. The summed E-state index contributed by atoms with van der Waals surface area (Å²) in [5.41, 5.74) is 4.56. The molecule has 21 heavy (non-hydrogen) atoms. The van der Waals surface area contributed by atoms with Gasteiger partial charge < -0.3 is 0 Å². The number of aryl methyl sites for hydroxylation is 1. The molecule has 0 aliphatic rings. The second-order valence-electron chi connectivity index (χ2n) is 4.89. The molecule has 0 spiro atoms. The zero-order valence-electron chi connectivity index (χ0n) is 11.2. The topological polar surface area (TPSA) is 60.9 Å². The Kier molecular flexibility index (Phi) is 2.75. The lowest BCUT2D eigenvalue weighted by molar-refractivity contribution is 0.646. The summed E-state index contributed by atoms with van der Waals surface area (Å²) in [6.45, 7) is 2.52. The largest absolute Gasteiger partial charge is 0.239 e. The van der Waals surface area contributed by atoms with Gasteiger partial charge in [-0.3, -0.25) is 0 Å². The van der Waals surface area contributed by atoms with Gasteiger partial charge in [0, 0.05) is 4.47 Å². The van der Waals surface area contributed by atoms with E-state index in [9.17, 15) is 0 Å². The molecule has 0 aliphatic heterocycles. The molecule has 0 saturated heterocycles. The maximum absolute atomic E-state index is 4.55. The summed E-state index contributed by atoms with van der Waals surface area (Å²) >= 11 is 3.48. The fraction of sp³-hybridized carbons (Fsp3) is 0.143. The van der Waals surface area contributed by atoms with Gasteiger partial charge in [-0.25, -0.2) is 14.2 Å². The number of aromatic nitrogens is 6. The molecule has 104 valence electrons. The second kappa shape index (κ2) is 4.63. The van der Waals surface area contributed by atoms with Crippen LogP contribution in [0.1, 0.15) is 11.4 Å². The molecular formula is C14H11BrN6. The summed E-state index contributed by atoms with van der Waals surface area (Å²) in [5.74, 6) is 0. The normalized spacial score (nSPS) is 11.5. The fourth-order valence-corrected chi connectivity index (χ4v) is 2.68. The molecule has 0 saturated carbocycles. The van der Waals surface area contributed by atoms with Crippen LogP contribution in [0.2, 0.25) is 0 Å². The third kappa shape index (κ3) is 2.19. The highest BCUT2D eigenvalue weighted by Crippen LogP contribution is 2.18. The summed E-state index contributed by atoms with van der Waals surface area (Å²) in [5, 5.41) is 12.9. The van der Waals surface area contributed by atoms with Crippen molar-refractivity contribution in [3.05, 3.63) is 52.4 Å². The van der Waals surface area contributed by atoms with Crippen LogP contribution in [0.15, 0.2) is 41.0 Å². The quantitative estimate of drug-likeness (QED) is 0.561. The van der Waals surface area contributed by atoms with Gasteiger partial charge in [-0.05, 0) is 37.3 Å². The highest BCUT2D eigenvalue weighted by atomic mass is 79.9. The zero-order valence-corrected chi connectivity index (χ0v) is 12.8. The maximum atomic E-state index is 4.55. The molecule has 0 radical (unpaired) electrons. The van der Waals surface area contributed by atoms with Gasteiger partial charge >= 0.3 is 0 Å². The molecule has 3 heterocycles. The summed E-state index contributed by atoms with van der Waals surface area (Å²) in [7, 11) is 0. The highest BCUT2D eigenvalue weighted by Gasteiger charge is 2.07. The van der Waals surface area contributed by atoms with Gasteiger partial charge in [-0.15, -0.1) is 5.10 Å². The summed E-state index contributed by atoms with van der Waals surface area (Å²) in [4.78, 5) is 4.37. The third-order valence-electron chi connectivity index (χ3n) is 3.28. The minimum Gasteiger partial charge on any atom is -0.239 e. The van der Waals surface area contributed by atoms with Crippen LogP contribution in [-0.4, -0.2) is 29.6 Å². The Hall–Kier alpha value is -2.28. The SMILES string of the molecule is Cc1cn2nc(Cn3nnc4ccc(Br)cc43)ccc2n1. The van der Waals surface area contributed by atoms with E-state index in [2.05, 4.69) is 36.3 Å². The molecule has 0 bridgehead atoms. The van der Waals surface area contributed by atoms with E-state index >= 15 is 0 Å². The molecule has 0 fully saturated rings. The van der Waals surface area contributed by atoms with Crippen molar-refractivity contribution in [2.24, 2.45) is 0 Å². The first-order valence-corrected chi connectivity index (χ1v) is 7.29.